The highest BCUT2D eigenvalue weighted by Gasteiger charge is 2.31. The van der Waals surface area contributed by atoms with E-state index in [9.17, 15) is 18.0 Å². The van der Waals surface area contributed by atoms with Gasteiger partial charge in [0.2, 0.25) is 21.8 Å². The molecule has 2 aliphatic heterocycles. The maximum Gasteiger partial charge on any atom is 0.236 e. The van der Waals surface area contributed by atoms with Gasteiger partial charge in [0.05, 0.1) is 18.8 Å². The summed E-state index contributed by atoms with van der Waals surface area (Å²) in [6.45, 7) is 3.80. The Kier molecular flexibility index (Phi) is 9.07. The minimum atomic E-state index is -3.55. The number of carbonyl (C=O) groups excluding carboxylic acids is 2. The molecule has 0 bridgehead atoms. The SMILES string of the molecule is CS(=O)(=O)N1CCCN(C(=O)CN2CCCCCC2)CCNC(=O)CC1c1ccccc1. The molecular formula is C23H36N4O4S. The summed E-state index contributed by atoms with van der Waals surface area (Å²) in [5.41, 5.74) is 0.793. The van der Waals surface area contributed by atoms with Gasteiger partial charge in [0.1, 0.15) is 0 Å². The van der Waals surface area contributed by atoms with E-state index in [2.05, 4.69) is 10.2 Å². The molecule has 2 fully saturated rings. The van der Waals surface area contributed by atoms with E-state index in [1.54, 1.807) is 4.90 Å². The van der Waals surface area contributed by atoms with Gasteiger partial charge in [0.15, 0.2) is 0 Å². The van der Waals surface area contributed by atoms with Crippen molar-refractivity contribution in [3.63, 3.8) is 0 Å². The molecular weight excluding hydrogens is 428 g/mol. The molecule has 2 amide bonds. The second-order valence-corrected chi connectivity index (χ2v) is 10.7. The molecule has 1 atom stereocenters. The third-order valence-electron chi connectivity index (χ3n) is 6.26. The number of likely N-dealkylation sites (tertiary alicyclic amines) is 1. The van der Waals surface area contributed by atoms with Crippen molar-refractivity contribution >= 4 is 21.8 Å². The van der Waals surface area contributed by atoms with E-state index in [4.69, 9.17) is 0 Å². The molecule has 178 valence electrons. The van der Waals surface area contributed by atoms with Gasteiger partial charge in [0.25, 0.3) is 0 Å². The van der Waals surface area contributed by atoms with Crippen molar-refractivity contribution in [1.29, 1.82) is 0 Å². The lowest BCUT2D eigenvalue weighted by molar-refractivity contribution is -0.133. The van der Waals surface area contributed by atoms with E-state index in [-0.39, 0.29) is 24.8 Å². The molecule has 0 spiro atoms. The Balaban J connectivity index is 1.73. The van der Waals surface area contributed by atoms with E-state index in [0.29, 0.717) is 32.6 Å². The number of amides is 2. The normalized spacial score (nSPS) is 23.1. The van der Waals surface area contributed by atoms with Gasteiger partial charge < -0.3 is 10.2 Å². The summed E-state index contributed by atoms with van der Waals surface area (Å²) >= 11 is 0. The Morgan fingerprint density at radius 1 is 0.969 bits per heavy atom. The van der Waals surface area contributed by atoms with Crippen LogP contribution in [0.15, 0.2) is 30.3 Å². The van der Waals surface area contributed by atoms with Gasteiger partial charge in [-0.25, -0.2) is 8.42 Å². The number of hydrogen-bond acceptors (Lipinski definition) is 5. The monoisotopic (exact) mass is 464 g/mol. The quantitative estimate of drug-likeness (QED) is 0.731. The largest absolute Gasteiger partial charge is 0.354 e. The van der Waals surface area contributed by atoms with E-state index in [1.165, 1.54) is 23.4 Å². The third-order valence-corrected chi connectivity index (χ3v) is 7.55. The number of rotatable bonds is 4. The zero-order valence-corrected chi connectivity index (χ0v) is 19.9. The lowest BCUT2D eigenvalue weighted by Gasteiger charge is -2.30. The first-order valence-corrected chi connectivity index (χ1v) is 13.5. The molecule has 0 radical (unpaired) electrons. The number of nitrogens with zero attached hydrogens (tertiary/aromatic N) is 3. The summed E-state index contributed by atoms with van der Waals surface area (Å²) in [7, 11) is -3.55. The van der Waals surface area contributed by atoms with Crippen LogP contribution < -0.4 is 5.32 Å². The first kappa shape index (κ1) is 24.7. The summed E-state index contributed by atoms with van der Waals surface area (Å²) in [5.74, 6) is -0.166. The van der Waals surface area contributed by atoms with Crippen LogP contribution in [0.2, 0.25) is 0 Å². The zero-order chi connectivity index (χ0) is 23.0. The van der Waals surface area contributed by atoms with Gasteiger partial charge >= 0.3 is 0 Å². The van der Waals surface area contributed by atoms with Gasteiger partial charge in [-0.05, 0) is 37.9 Å². The van der Waals surface area contributed by atoms with Gasteiger partial charge in [0, 0.05) is 32.6 Å². The fourth-order valence-corrected chi connectivity index (χ4v) is 5.68. The van der Waals surface area contributed by atoms with Crippen LogP contribution in [0.3, 0.4) is 0 Å². The summed E-state index contributed by atoms with van der Waals surface area (Å²) in [5, 5.41) is 2.88. The number of nitrogens with one attached hydrogen (secondary N) is 1. The lowest BCUT2D eigenvalue weighted by Crippen LogP contribution is -2.44. The molecule has 2 saturated heterocycles. The smallest absolute Gasteiger partial charge is 0.236 e. The van der Waals surface area contributed by atoms with Crippen LogP contribution in [0.4, 0.5) is 0 Å². The van der Waals surface area contributed by atoms with E-state index >= 15 is 0 Å². The van der Waals surface area contributed by atoms with E-state index in [1.807, 2.05) is 30.3 Å². The number of benzene rings is 1. The molecule has 8 nitrogen and oxygen atoms in total. The third kappa shape index (κ3) is 7.28. The Hall–Kier alpha value is -1.97. The van der Waals surface area contributed by atoms with Crippen LogP contribution >= 0.6 is 0 Å². The van der Waals surface area contributed by atoms with Crippen molar-refractivity contribution in [1.82, 2.24) is 19.4 Å². The molecule has 0 aliphatic carbocycles. The maximum absolute atomic E-state index is 13.0. The number of sulfonamides is 1. The van der Waals surface area contributed by atoms with Crippen molar-refractivity contribution in [2.75, 3.05) is 52.1 Å². The number of hydrogen-bond donors (Lipinski definition) is 1. The molecule has 9 heteroatoms. The Morgan fingerprint density at radius 2 is 1.66 bits per heavy atom. The predicted molar refractivity (Wildman–Crippen MR) is 124 cm³/mol. The van der Waals surface area contributed by atoms with Gasteiger partial charge in [-0.2, -0.15) is 4.31 Å². The van der Waals surface area contributed by atoms with Crippen molar-refractivity contribution in [2.45, 2.75) is 44.6 Å². The standard InChI is InChI=1S/C23H36N4O4S/c1-32(30,31)27-16-9-15-26(23(29)19-25-13-7-2-3-8-14-25)17-12-24-22(28)18-21(27)20-10-5-4-6-11-20/h4-6,10-11,21H,2-3,7-9,12-19H2,1H3,(H,24,28). The molecule has 1 aromatic rings. The molecule has 0 saturated carbocycles. The molecule has 32 heavy (non-hydrogen) atoms. The average Bonchev–Trinajstić information content (AvgIpc) is 3.03. The number of carbonyl (C=O) groups is 2. The van der Waals surface area contributed by atoms with Gasteiger partial charge in [-0.1, -0.05) is 43.2 Å². The Labute approximate surface area is 192 Å². The summed E-state index contributed by atoms with van der Waals surface area (Å²) < 4.78 is 26.7. The van der Waals surface area contributed by atoms with Crippen molar-refractivity contribution in [2.24, 2.45) is 0 Å². The van der Waals surface area contributed by atoms with Crippen molar-refractivity contribution in [3.8, 4) is 0 Å². The summed E-state index contributed by atoms with van der Waals surface area (Å²) in [6.07, 6.45) is 6.42. The minimum absolute atomic E-state index is 0.0471. The molecule has 1 unspecified atom stereocenters. The van der Waals surface area contributed by atoms with Crippen molar-refractivity contribution < 1.29 is 18.0 Å². The summed E-state index contributed by atoms with van der Waals surface area (Å²) in [4.78, 5) is 29.7. The zero-order valence-electron chi connectivity index (χ0n) is 19.0. The fraction of sp³-hybridized carbons (Fsp3) is 0.652. The second-order valence-electron chi connectivity index (χ2n) is 8.78. The van der Waals surface area contributed by atoms with Gasteiger partial charge in [-0.15, -0.1) is 0 Å². The molecule has 2 aliphatic rings. The van der Waals surface area contributed by atoms with Crippen LogP contribution in [0.25, 0.3) is 0 Å². The Morgan fingerprint density at radius 3 is 2.31 bits per heavy atom. The van der Waals surface area contributed by atoms with E-state index < -0.39 is 16.1 Å². The lowest BCUT2D eigenvalue weighted by atomic mass is 10.0. The molecule has 0 aromatic heterocycles. The Bertz CT molecular complexity index is 854. The topological polar surface area (TPSA) is 90.0 Å². The maximum atomic E-state index is 13.0. The minimum Gasteiger partial charge on any atom is -0.354 e. The highest BCUT2D eigenvalue weighted by atomic mass is 32.2. The van der Waals surface area contributed by atoms with Crippen LogP contribution in [-0.2, 0) is 19.6 Å². The van der Waals surface area contributed by atoms with Crippen LogP contribution in [0.5, 0.6) is 0 Å². The second kappa shape index (κ2) is 11.8. The highest BCUT2D eigenvalue weighted by Crippen LogP contribution is 2.27. The molecule has 1 N–H and O–H groups in total. The van der Waals surface area contributed by atoms with Crippen LogP contribution in [0, 0.1) is 0 Å². The first-order valence-electron chi connectivity index (χ1n) is 11.6. The van der Waals surface area contributed by atoms with Crippen LogP contribution in [-0.4, -0.2) is 86.4 Å². The predicted octanol–water partition coefficient (Wildman–Crippen LogP) is 1.60. The molecule has 2 heterocycles. The van der Waals surface area contributed by atoms with Gasteiger partial charge in [-0.3, -0.25) is 14.5 Å². The summed E-state index contributed by atoms with van der Waals surface area (Å²) in [6, 6.07) is 8.71. The molecule has 3 rings (SSSR count). The molecule has 1 aromatic carbocycles. The van der Waals surface area contributed by atoms with Crippen LogP contribution in [0.1, 0.15) is 50.1 Å². The van der Waals surface area contributed by atoms with Crippen molar-refractivity contribution in [3.05, 3.63) is 35.9 Å². The highest BCUT2D eigenvalue weighted by molar-refractivity contribution is 7.88. The fourth-order valence-electron chi connectivity index (χ4n) is 4.56. The van der Waals surface area contributed by atoms with E-state index in [0.717, 1.165) is 31.5 Å². The average molecular weight is 465 g/mol. The first-order chi connectivity index (χ1) is 15.3.